The molecule has 0 unspecified atom stereocenters. The molecular formula is C22H29FN4O. The molecule has 1 aromatic carbocycles. The summed E-state index contributed by atoms with van der Waals surface area (Å²) in [4.78, 5) is 15.5. The van der Waals surface area contributed by atoms with Crippen molar-refractivity contribution < 1.29 is 9.18 Å². The summed E-state index contributed by atoms with van der Waals surface area (Å²) in [5, 5.41) is 9.95. The van der Waals surface area contributed by atoms with Gasteiger partial charge >= 0.3 is 0 Å². The molecule has 2 aliphatic rings. The van der Waals surface area contributed by atoms with E-state index in [9.17, 15) is 9.18 Å². The first-order valence-electron chi connectivity index (χ1n) is 10.6. The van der Waals surface area contributed by atoms with Crippen molar-refractivity contribution in [2.24, 2.45) is 0 Å². The van der Waals surface area contributed by atoms with Gasteiger partial charge < -0.3 is 5.32 Å². The van der Waals surface area contributed by atoms with E-state index in [1.807, 2.05) is 0 Å². The molecule has 1 amide bonds. The maximum atomic E-state index is 14.2. The Morgan fingerprint density at radius 2 is 1.89 bits per heavy atom. The monoisotopic (exact) mass is 384 g/mol. The summed E-state index contributed by atoms with van der Waals surface area (Å²) in [6.07, 6.45) is 11.5. The molecule has 2 heterocycles. The van der Waals surface area contributed by atoms with Crippen LogP contribution < -0.4 is 5.32 Å². The van der Waals surface area contributed by atoms with Crippen molar-refractivity contribution in [3.05, 3.63) is 41.8 Å². The quantitative estimate of drug-likeness (QED) is 0.779. The summed E-state index contributed by atoms with van der Waals surface area (Å²) in [6, 6.07) is 7.24. The van der Waals surface area contributed by atoms with Gasteiger partial charge in [-0.25, -0.2) is 4.39 Å². The van der Waals surface area contributed by atoms with Gasteiger partial charge in [0.1, 0.15) is 5.82 Å². The van der Waals surface area contributed by atoms with Crippen molar-refractivity contribution in [3.63, 3.8) is 0 Å². The number of rotatable bonds is 4. The highest BCUT2D eigenvalue weighted by atomic mass is 19.1. The first-order valence-corrected chi connectivity index (χ1v) is 10.6. The molecule has 1 aromatic heterocycles. The van der Waals surface area contributed by atoms with Gasteiger partial charge in [0.25, 0.3) is 5.91 Å². The second kappa shape index (κ2) is 8.86. The maximum absolute atomic E-state index is 14.2. The normalized spacial score (nSPS) is 22.0. The van der Waals surface area contributed by atoms with E-state index >= 15 is 0 Å². The second-order valence-electron chi connectivity index (χ2n) is 8.09. The van der Waals surface area contributed by atoms with Gasteiger partial charge in [0, 0.05) is 24.2 Å². The van der Waals surface area contributed by atoms with Crippen LogP contribution in [-0.4, -0.2) is 46.2 Å². The summed E-state index contributed by atoms with van der Waals surface area (Å²) in [5.41, 5.74) is 1.21. The Bertz CT molecular complexity index is 797. The molecule has 150 valence electrons. The Labute approximate surface area is 165 Å². The third-order valence-corrected chi connectivity index (χ3v) is 6.16. The molecule has 28 heavy (non-hydrogen) atoms. The zero-order valence-electron chi connectivity index (χ0n) is 16.3. The van der Waals surface area contributed by atoms with E-state index in [1.54, 1.807) is 18.2 Å². The highest BCUT2D eigenvalue weighted by molar-refractivity contribution is 5.99. The lowest BCUT2D eigenvalue weighted by Crippen LogP contribution is -2.50. The van der Waals surface area contributed by atoms with E-state index in [2.05, 4.69) is 20.4 Å². The van der Waals surface area contributed by atoms with E-state index < -0.39 is 0 Å². The molecule has 0 radical (unpaired) electrons. The van der Waals surface area contributed by atoms with E-state index in [0.717, 1.165) is 25.9 Å². The minimum Gasteiger partial charge on any atom is -0.348 e. The number of nitrogens with one attached hydrogen (secondary N) is 2. The van der Waals surface area contributed by atoms with Gasteiger partial charge in [0.15, 0.2) is 0 Å². The van der Waals surface area contributed by atoms with Crippen molar-refractivity contribution >= 4 is 5.91 Å². The zero-order valence-corrected chi connectivity index (χ0v) is 16.3. The fraction of sp³-hybridized carbons (Fsp3) is 0.545. The number of carbonyl (C=O) groups excluding carboxylic acids is 1. The lowest BCUT2D eigenvalue weighted by atomic mass is 9.99. The number of H-pyrrole nitrogens is 1. The predicted octanol–water partition coefficient (Wildman–Crippen LogP) is 4.13. The molecule has 1 saturated heterocycles. The fourth-order valence-corrected chi connectivity index (χ4v) is 4.67. The Morgan fingerprint density at radius 1 is 1.11 bits per heavy atom. The molecule has 5 nitrogen and oxygen atoms in total. The smallest absolute Gasteiger partial charge is 0.255 e. The zero-order chi connectivity index (χ0) is 19.3. The highest BCUT2D eigenvalue weighted by Crippen LogP contribution is 2.26. The lowest BCUT2D eigenvalue weighted by Gasteiger charge is -2.38. The van der Waals surface area contributed by atoms with Gasteiger partial charge in [0.2, 0.25) is 0 Å². The number of hydrogen-bond donors (Lipinski definition) is 2. The fourth-order valence-electron chi connectivity index (χ4n) is 4.67. The van der Waals surface area contributed by atoms with Gasteiger partial charge in [-0.05, 0) is 44.4 Å². The molecule has 2 fully saturated rings. The minimum atomic E-state index is -0.363. The number of hydrogen-bond acceptors (Lipinski definition) is 3. The van der Waals surface area contributed by atoms with Crippen LogP contribution in [0.1, 0.15) is 61.7 Å². The van der Waals surface area contributed by atoms with Crippen molar-refractivity contribution in [1.82, 2.24) is 20.4 Å². The molecule has 2 N–H and O–H groups in total. The van der Waals surface area contributed by atoms with Gasteiger partial charge in [-0.1, -0.05) is 37.8 Å². The summed E-state index contributed by atoms with van der Waals surface area (Å²) in [7, 11) is 0. The van der Waals surface area contributed by atoms with E-state index in [1.165, 1.54) is 50.8 Å². The number of piperidine rings is 1. The van der Waals surface area contributed by atoms with E-state index in [-0.39, 0.29) is 17.8 Å². The number of halogens is 1. The molecular weight excluding hydrogens is 355 g/mol. The van der Waals surface area contributed by atoms with Crippen LogP contribution >= 0.6 is 0 Å². The van der Waals surface area contributed by atoms with Crippen molar-refractivity contribution in [2.75, 3.05) is 13.1 Å². The third kappa shape index (κ3) is 4.27. The molecule has 2 aromatic rings. The average Bonchev–Trinajstić information content (AvgIpc) is 3.03. The van der Waals surface area contributed by atoms with Gasteiger partial charge in [-0.3, -0.25) is 14.8 Å². The molecule has 1 aliphatic carbocycles. The van der Waals surface area contributed by atoms with Gasteiger partial charge in [-0.15, -0.1) is 0 Å². The number of aromatic amines is 1. The van der Waals surface area contributed by atoms with Crippen molar-refractivity contribution in [2.45, 2.75) is 63.5 Å². The highest BCUT2D eigenvalue weighted by Gasteiger charge is 2.28. The molecule has 1 saturated carbocycles. The third-order valence-electron chi connectivity index (χ3n) is 6.16. The molecule has 1 atom stereocenters. The summed E-state index contributed by atoms with van der Waals surface area (Å²) in [5.74, 6) is -0.544. The number of likely N-dealkylation sites (tertiary alicyclic amines) is 1. The van der Waals surface area contributed by atoms with Crippen LogP contribution in [0.5, 0.6) is 0 Å². The minimum absolute atomic E-state index is 0.132. The number of benzene rings is 1. The maximum Gasteiger partial charge on any atom is 0.255 e. The number of amides is 1. The molecule has 0 spiro atoms. The van der Waals surface area contributed by atoms with E-state index in [4.69, 9.17) is 0 Å². The van der Waals surface area contributed by atoms with E-state index in [0.29, 0.717) is 22.9 Å². The Kier molecular flexibility index (Phi) is 6.05. The Balaban J connectivity index is 1.43. The first-order chi connectivity index (χ1) is 13.7. The molecule has 4 rings (SSSR count). The van der Waals surface area contributed by atoms with Crippen LogP contribution in [0.15, 0.2) is 30.5 Å². The SMILES string of the molecule is O=C(N[C@@H]1CCCN(C2CCCCCC2)C1)c1cn[nH]c1-c1ccccc1F. The summed E-state index contributed by atoms with van der Waals surface area (Å²) < 4.78 is 14.2. The van der Waals surface area contributed by atoms with Crippen LogP contribution in [0, 0.1) is 5.82 Å². The standard InChI is InChI=1S/C22H29FN4O/c23-20-12-6-5-11-18(20)21-19(14-24-26-21)22(28)25-16-8-7-13-27(15-16)17-9-3-1-2-4-10-17/h5-6,11-12,14,16-17H,1-4,7-10,13,15H2,(H,24,26)(H,25,28)/t16-/m1/s1. The van der Waals surface area contributed by atoms with Gasteiger partial charge in [-0.2, -0.15) is 5.10 Å². The number of aromatic nitrogens is 2. The van der Waals surface area contributed by atoms with Gasteiger partial charge in [0.05, 0.1) is 17.5 Å². The van der Waals surface area contributed by atoms with Crippen LogP contribution in [0.2, 0.25) is 0 Å². The van der Waals surface area contributed by atoms with Crippen LogP contribution in [0.25, 0.3) is 11.3 Å². The molecule has 0 bridgehead atoms. The number of carbonyl (C=O) groups is 1. The lowest BCUT2D eigenvalue weighted by molar-refractivity contribution is 0.0861. The average molecular weight is 384 g/mol. The second-order valence-corrected chi connectivity index (χ2v) is 8.09. The molecule has 6 heteroatoms. The molecule has 1 aliphatic heterocycles. The van der Waals surface area contributed by atoms with Crippen LogP contribution in [0.3, 0.4) is 0 Å². The summed E-state index contributed by atoms with van der Waals surface area (Å²) >= 11 is 0. The van der Waals surface area contributed by atoms with Crippen molar-refractivity contribution in [3.8, 4) is 11.3 Å². The largest absolute Gasteiger partial charge is 0.348 e. The van der Waals surface area contributed by atoms with Crippen LogP contribution in [0.4, 0.5) is 4.39 Å². The topological polar surface area (TPSA) is 61.0 Å². The first kappa shape index (κ1) is 19.1. The Hall–Kier alpha value is -2.21. The Morgan fingerprint density at radius 3 is 2.68 bits per heavy atom. The van der Waals surface area contributed by atoms with Crippen LogP contribution in [-0.2, 0) is 0 Å². The van der Waals surface area contributed by atoms with Crippen molar-refractivity contribution in [1.29, 1.82) is 0 Å². The number of nitrogens with zero attached hydrogens (tertiary/aromatic N) is 2. The predicted molar refractivity (Wildman–Crippen MR) is 108 cm³/mol. The summed E-state index contributed by atoms with van der Waals surface area (Å²) in [6.45, 7) is 2.03.